The highest BCUT2D eigenvalue weighted by molar-refractivity contribution is 7.99. The van der Waals surface area contributed by atoms with Gasteiger partial charge in [0, 0.05) is 40.2 Å². The molecule has 31 heavy (non-hydrogen) atoms. The predicted octanol–water partition coefficient (Wildman–Crippen LogP) is 4.85. The zero-order chi connectivity index (χ0) is 22.0. The molecule has 158 valence electrons. The SMILES string of the molecule is CCn1c(SCC(=O)Nc2cccc([N+](=O)[O-])c2)nc2scc(-c3cccs3)c2c1=O. The number of nitrogens with one attached hydrogen (secondary N) is 1. The molecule has 0 saturated carbocycles. The van der Waals surface area contributed by atoms with Gasteiger partial charge < -0.3 is 5.32 Å². The molecule has 1 amide bonds. The van der Waals surface area contributed by atoms with Crippen molar-refractivity contribution in [3.05, 3.63) is 67.6 Å². The van der Waals surface area contributed by atoms with Crippen LogP contribution in [-0.4, -0.2) is 26.1 Å². The molecular weight excluding hydrogens is 456 g/mol. The molecule has 0 atom stereocenters. The molecule has 4 aromatic rings. The largest absolute Gasteiger partial charge is 0.325 e. The Hall–Kier alpha value is -3.02. The van der Waals surface area contributed by atoms with E-state index in [1.165, 1.54) is 29.5 Å². The third kappa shape index (κ3) is 4.38. The summed E-state index contributed by atoms with van der Waals surface area (Å²) >= 11 is 4.14. The monoisotopic (exact) mass is 472 g/mol. The lowest BCUT2D eigenvalue weighted by Gasteiger charge is -2.10. The predicted molar refractivity (Wildman–Crippen MR) is 125 cm³/mol. The molecule has 0 saturated heterocycles. The van der Waals surface area contributed by atoms with Crippen LogP contribution in [0.15, 0.2) is 57.1 Å². The number of hydrogen-bond acceptors (Lipinski definition) is 8. The van der Waals surface area contributed by atoms with Gasteiger partial charge in [0.15, 0.2) is 5.16 Å². The zero-order valence-corrected chi connectivity index (χ0v) is 18.7. The van der Waals surface area contributed by atoms with E-state index >= 15 is 0 Å². The van der Waals surface area contributed by atoms with E-state index in [9.17, 15) is 19.7 Å². The highest BCUT2D eigenvalue weighted by atomic mass is 32.2. The molecule has 0 unspecified atom stereocenters. The van der Waals surface area contributed by atoms with Crippen molar-refractivity contribution in [2.24, 2.45) is 0 Å². The maximum absolute atomic E-state index is 13.2. The van der Waals surface area contributed by atoms with E-state index in [1.54, 1.807) is 22.0 Å². The minimum absolute atomic E-state index is 0.0177. The number of thiophene rings is 2. The fraction of sp³-hybridized carbons (Fsp3) is 0.150. The molecule has 1 N–H and O–H groups in total. The normalized spacial score (nSPS) is 11.0. The topological polar surface area (TPSA) is 107 Å². The Kier molecular flexibility index (Phi) is 6.16. The fourth-order valence-corrected chi connectivity index (χ4v) is 5.70. The number of thioether (sulfide) groups is 1. The molecule has 0 aliphatic heterocycles. The van der Waals surface area contributed by atoms with E-state index in [0.29, 0.717) is 27.6 Å². The van der Waals surface area contributed by atoms with E-state index in [2.05, 4.69) is 10.3 Å². The van der Waals surface area contributed by atoms with E-state index in [4.69, 9.17) is 0 Å². The molecule has 0 radical (unpaired) electrons. The number of nitro groups is 1. The summed E-state index contributed by atoms with van der Waals surface area (Å²) in [6, 6.07) is 9.66. The molecule has 11 heteroatoms. The number of amides is 1. The quantitative estimate of drug-likeness (QED) is 0.178. The molecule has 8 nitrogen and oxygen atoms in total. The summed E-state index contributed by atoms with van der Waals surface area (Å²) in [6.07, 6.45) is 0. The first-order chi connectivity index (χ1) is 15.0. The van der Waals surface area contributed by atoms with Gasteiger partial charge in [-0.25, -0.2) is 4.98 Å². The van der Waals surface area contributed by atoms with Crippen LogP contribution in [0.1, 0.15) is 6.92 Å². The number of rotatable bonds is 7. The highest BCUT2D eigenvalue weighted by Gasteiger charge is 2.18. The minimum Gasteiger partial charge on any atom is -0.325 e. The standard InChI is InChI=1S/C20H16N4O4S3/c1-2-23-19(26)17-14(15-7-4-8-29-15)10-30-18(17)22-20(23)31-11-16(25)21-12-5-3-6-13(9-12)24(27)28/h3-10H,2,11H2,1H3,(H,21,25). The number of nitrogens with zero attached hydrogens (tertiary/aromatic N) is 3. The third-order valence-corrected chi connectivity index (χ3v) is 7.19. The van der Waals surface area contributed by atoms with Crippen molar-refractivity contribution in [3.63, 3.8) is 0 Å². The van der Waals surface area contributed by atoms with Gasteiger partial charge in [-0.1, -0.05) is 23.9 Å². The molecule has 0 aliphatic rings. The third-order valence-electron chi connectivity index (χ3n) is 4.43. The maximum atomic E-state index is 13.2. The summed E-state index contributed by atoms with van der Waals surface area (Å²) in [7, 11) is 0. The molecule has 3 heterocycles. The molecular formula is C20H16N4O4S3. The Morgan fingerprint density at radius 2 is 2.13 bits per heavy atom. The van der Waals surface area contributed by atoms with Gasteiger partial charge in [-0.3, -0.25) is 24.3 Å². The first kappa shape index (κ1) is 21.2. The van der Waals surface area contributed by atoms with Gasteiger partial charge in [0.05, 0.1) is 16.1 Å². The second-order valence-corrected chi connectivity index (χ2v) is 9.14. The Balaban J connectivity index is 1.56. The van der Waals surface area contributed by atoms with Gasteiger partial charge in [-0.2, -0.15) is 0 Å². The average Bonchev–Trinajstić information content (AvgIpc) is 3.42. The summed E-state index contributed by atoms with van der Waals surface area (Å²) in [5.74, 6) is -0.322. The molecule has 1 aromatic carbocycles. The number of aromatic nitrogens is 2. The number of nitro benzene ring substituents is 1. The Morgan fingerprint density at radius 3 is 2.84 bits per heavy atom. The van der Waals surface area contributed by atoms with Crippen molar-refractivity contribution in [1.82, 2.24) is 9.55 Å². The van der Waals surface area contributed by atoms with Crippen LogP contribution in [0.4, 0.5) is 11.4 Å². The number of carbonyl (C=O) groups excluding carboxylic acids is 1. The van der Waals surface area contributed by atoms with Crippen LogP contribution in [0.25, 0.3) is 20.7 Å². The molecule has 0 bridgehead atoms. The Morgan fingerprint density at radius 1 is 1.29 bits per heavy atom. The second kappa shape index (κ2) is 9.00. The van der Waals surface area contributed by atoms with Crippen molar-refractivity contribution in [3.8, 4) is 10.4 Å². The van der Waals surface area contributed by atoms with E-state index < -0.39 is 4.92 Å². The lowest BCUT2D eigenvalue weighted by Crippen LogP contribution is -2.23. The highest BCUT2D eigenvalue weighted by Crippen LogP contribution is 2.34. The van der Waals surface area contributed by atoms with Gasteiger partial charge in [0.1, 0.15) is 4.83 Å². The van der Waals surface area contributed by atoms with Gasteiger partial charge in [0.25, 0.3) is 11.2 Å². The molecule has 3 aromatic heterocycles. The zero-order valence-electron chi connectivity index (χ0n) is 16.2. The molecule has 0 fully saturated rings. The summed E-state index contributed by atoms with van der Waals surface area (Å²) in [5.41, 5.74) is 1.000. The van der Waals surface area contributed by atoms with Crippen molar-refractivity contribution in [1.29, 1.82) is 0 Å². The van der Waals surface area contributed by atoms with Gasteiger partial charge in [-0.15, -0.1) is 22.7 Å². The maximum Gasteiger partial charge on any atom is 0.271 e. The van der Waals surface area contributed by atoms with Crippen molar-refractivity contribution in [2.75, 3.05) is 11.1 Å². The van der Waals surface area contributed by atoms with Crippen LogP contribution < -0.4 is 10.9 Å². The summed E-state index contributed by atoms with van der Waals surface area (Å²) in [5, 5.41) is 18.5. The summed E-state index contributed by atoms with van der Waals surface area (Å²) in [6.45, 7) is 2.29. The molecule has 4 rings (SSSR count). The van der Waals surface area contributed by atoms with E-state index in [1.807, 2.05) is 29.8 Å². The van der Waals surface area contributed by atoms with Crippen LogP contribution in [0.2, 0.25) is 0 Å². The number of benzene rings is 1. The van der Waals surface area contributed by atoms with Crippen LogP contribution >= 0.6 is 34.4 Å². The first-order valence-corrected chi connectivity index (χ1v) is 12.0. The summed E-state index contributed by atoms with van der Waals surface area (Å²) in [4.78, 5) is 42.2. The number of fused-ring (bicyclic) bond motifs is 1. The number of non-ortho nitro benzene ring substituents is 1. The molecule has 0 spiro atoms. The van der Waals surface area contributed by atoms with Crippen molar-refractivity contribution < 1.29 is 9.72 Å². The number of anilines is 1. The van der Waals surface area contributed by atoms with E-state index in [-0.39, 0.29) is 22.9 Å². The fourth-order valence-electron chi connectivity index (χ4n) is 3.03. The van der Waals surface area contributed by atoms with Crippen LogP contribution in [0.5, 0.6) is 0 Å². The number of hydrogen-bond donors (Lipinski definition) is 1. The van der Waals surface area contributed by atoms with Gasteiger partial charge in [-0.05, 0) is 24.4 Å². The van der Waals surface area contributed by atoms with Crippen LogP contribution in [0.3, 0.4) is 0 Å². The van der Waals surface area contributed by atoms with Crippen LogP contribution in [0, 0.1) is 10.1 Å². The van der Waals surface area contributed by atoms with Crippen molar-refractivity contribution in [2.45, 2.75) is 18.6 Å². The first-order valence-electron chi connectivity index (χ1n) is 9.21. The van der Waals surface area contributed by atoms with Crippen LogP contribution in [-0.2, 0) is 11.3 Å². The smallest absolute Gasteiger partial charge is 0.271 e. The van der Waals surface area contributed by atoms with Gasteiger partial charge >= 0.3 is 0 Å². The lowest BCUT2D eigenvalue weighted by molar-refractivity contribution is -0.384. The minimum atomic E-state index is -0.519. The van der Waals surface area contributed by atoms with Gasteiger partial charge in [0.2, 0.25) is 5.91 Å². The number of carbonyl (C=O) groups is 1. The van der Waals surface area contributed by atoms with E-state index in [0.717, 1.165) is 22.2 Å². The second-order valence-electron chi connectivity index (χ2n) is 6.39. The van der Waals surface area contributed by atoms with Crippen molar-refractivity contribution >= 4 is 61.9 Å². The summed E-state index contributed by atoms with van der Waals surface area (Å²) < 4.78 is 1.57. The Bertz CT molecular complexity index is 1330. The lowest BCUT2D eigenvalue weighted by atomic mass is 10.2. The average molecular weight is 473 g/mol. The molecule has 0 aliphatic carbocycles. The Labute approximate surface area is 188 Å².